The Bertz CT molecular complexity index is 503. The molecule has 2 atom stereocenters. The van der Waals surface area contributed by atoms with E-state index in [9.17, 15) is 9.59 Å². The second-order valence-electron chi connectivity index (χ2n) is 4.13. The molecule has 0 bridgehead atoms. The highest BCUT2D eigenvalue weighted by molar-refractivity contribution is 6.32. The van der Waals surface area contributed by atoms with Gasteiger partial charge in [-0.3, -0.25) is 9.59 Å². The topological polar surface area (TPSA) is 75.6 Å². The Kier molecular flexibility index (Phi) is 3.43. The van der Waals surface area contributed by atoms with E-state index in [-0.39, 0.29) is 5.91 Å². The average Bonchev–Trinajstić information content (AvgIpc) is 3.11. The molecule has 0 spiro atoms. The number of ether oxygens (including phenoxy) is 1. The molecule has 2 rings (SSSR count). The summed E-state index contributed by atoms with van der Waals surface area (Å²) in [5, 5.41) is 11.8. The van der Waals surface area contributed by atoms with Crippen LogP contribution < -0.4 is 10.1 Å². The van der Waals surface area contributed by atoms with Crippen LogP contribution in [0.5, 0.6) is 5.75 Å². The molecule has 1 amide bonds. The number of carbonyl (C=O) groups is 2. The Morgan fingerprint density at radius 2 is 2.17 bits per heavy atom. The molecule has 0 saturated heterocycles. The molecule has 0 heterocycles. The van der Waals surface area contributed by atoms with Crippen LogP contribution in [0.4, 0.5) is 5.69 Å². The zero-order valence-corrected chi connectivity index (χ0v) is 10.4. The van der Waals surface area contributed by atoms with E-state index in [0.29, 0.717) is 22.9 Å². The van der Waals surface area contributed by atoms with Crippen molar-refractivity contribution in [3.05, 3.63) is 23.2 Å². The van der Waals surface area contributed by atoms with Crippen LogP contribution >= 0.6 is 11.6 Å². The van der Waals surface area contributed by atoms with Crippen LogP contribution in [0, 0.1) is 11.8 Å². The number of nitrogens with one attached hydrogen (secondary N) is 1. The van der Waals surface area contributed by atoms with E-state index >= 15 is 0 Å². The standard InChI is InChI=1S/C12H12ClNO4/c1-18-10-4-6(2-3-9(10)13)14-11(15)7-5-8(7)12(16)17/h2-4,7-8H,5H2,1H3,(H,14,15)(H,16,17). The Labute approximate surface area is 109 Å². The minimum Gasteiger partial charge on any atom is -0.495 e. The van der Waals surface area contributed by atoms with E-state index in [1.54, 1.807) is 18.2 Å². The smallest absolute Gasteiger partial charge is 0.307 e. The van der Waals surface area contributed by atoms with Crippen molar-refractivity contribution in [1.82, 2.24) is 0 Å². The van der Waals surface area contributed by atoms with E-state index < -0.39 is 17.8 Å². The number of amides is 1. The van der Waals surface area contributed by atoms with Crippen LogP contribution in [0.2, 0.25) is 5.02 Å². The first-order valence-electron chi connectivity index (χ1n) is 5.40. The van der Waals surface area contributed by atoms with Crippen LogP contribution in [0.25, 0.3) is 0 Å². The Balaban J connectivity index is 2.02. The number of carboxylic acid groups (broad SMARTS) is 1. The molecule has 18 heavy (non-hydrogen) atoms. The van der Waals surface area contributed by atoms with Gasteiger partial charge in [0.1, 0.15) is 5.75 Å². The normalized spacial score (nSPS) is 21.2. The fraction of sp³-hybridized carbons (Fsp3) is 0.333. The first-order valence-corrected chi connectivity index (χ1v) is 5.78. The summed E-state index contributed by atoms with van der Waals surface area (Å²) in [6.45, 7) is 0. The molecule has 6 heteroatoms. The summed E-state index contributed by atoms with van der Waals surface area (Å²) in [7, 11) is 1.48. The van der Waals surface area contributed by atoms with E-state index in [1.807, 2.05) is 0 Å². The SMILES string of the molecule is COc1cc(NC(=O)C2CC2C(=O)O)ccc1Cl. The van der Waals surface area contributed by atoms with Crippen LogP contribution in [0.15, 0.2) is 18.2 Å². The zero-order valence-electron chi connectivity index (χ0n) is 9.64. The Morgan fingerprint density at radius 1 is 1.44 bits per heavy atom. The third-order valence-corrected chi connectivity index (χ3v) is 3.18. The van der Waals surface area contributed by atoms with Gasteiger partial charge >= 0.3 is 5.97 Å². The lowest BCUT2D eigenvalue weighted by Crippen LogP contribution is -2.16. The highest BCUT2D eigenvalue weighted by Gasteiger charge is 2.48. The molecule has 2 unspecified atom stereocenters. The van der Waals surface area contributed by atoms with E-state index in [2.05, 4.69) is 5.32 Å². The molecular formula is C12H12ClNO4. The molecule has 5 nitrogen and oxygen atoms in total. The van der Waals surface area contributed by atoms with Crippen LogP contribution in [-0.4, -0.2) is 24.1 Å². The number of halogens is 1. The van der Waals surface area contributed by atoms with Gasteiger partial charge in [0.15, 0.2) is 0 Å². The maximum atomic E-state index is 11.7. The summed E-state index contributed by atoms with van der Waals surface area (Å²) in [6.07, 6.45) is 0.395. The number of anilines is 1. The van der Waals surface area contributed by atoms with Crippen molar-refractivity contribution in [3.8, 4) is 5.75 Å². The number of carbonyl (C=O) groups excluding carboxylic acids is 1. The summed E-state index contributed by atoms with van der Waals surface area (Å²) in [5.74, 6) is -1.75. The number of hydrogen-bond donors (Lipinski definition) is 2. The van der Waals surface area contributed by atoms with Gasteiger partial charge in [-0.2, -0.15) is 0 Å². The Hall–Kier alpha value is -1.75. The van der Waals surface area contributed by atoms with Gasteiger partial charge in [-0.05, 0) is 18.6 Å². The molecule has 1 fully saturated rings. The minimum absolute atomic E-state index is 0.285. The summed E-state index contributed by atoms with van der Waals surface area (Å²) >= 11 is 5.86. The van der Waals surface area contributed by atoms with Crippen molar-refractivity contribution in [2.45, 2.75) is 6.42 Å². The van der Waals surface area contributed by atoms with Crippen molar-refractivity contribution in [2.75, 3.05) is 12.4 Å². The average molecular weight is 270 g/mol. The van der Waals surface area contributed by atoms with Gasteiger partial charge in [0.05, 0.1) is 24.0 Å². The van der Waals surface area contributed by atoms with Gasteiger partial charge in [0, 0.05) is 11.8 Å². The van der Waals surface area contributed by atoms with Crippen LogP contribution in [0.3, 0.4) is 0 Å². The molecular weight excluding hydrogens is 258 g/mol. The molecule has 1 aliphatic rings. The van der Waals surface area contributed by atoms with Gasteiger partial charge in [-0.1, -0.05) is 11.6 Å². The maximum Gasteiger partial charge on any atom is 0.307 e. The van der Waals surface area contributed by atoms with Crippen LogP contribution in [-0.2, 0) is 9.59 Å². The third kappa shape index (κ3) is 2.56. The number of rotatable bonds is 4. The largest absolute Gasteiger partial charge is 0.495 e. The number of benzene rings is 1. The lowest BCUT2D eigenvalue weighted by molar-refractivity contribution is -0.139. The van der Waals surface area contributed by atoms with E-state index in [1.165, 1.54) is 7.11 Å². The molecule has 0 aliphatic heterocycles. The first-order chi connectivity index (χ1) is 8.52. The maximum absolute atomic E-state index is 11.7. The Morgan fingerprint density at radius 3 is 2.72 bits per heavy atom. The fourth-order valence-electron chi connectivity index (χ4n) is 1.73. The van der Waals surface area contributed by atoms with Gasteiger partial charge < -0.3 is 15.2 Å². The van der Waals surface area contributed by atoms with Crippen molar-refractivity contribution in [3.63, 3.8) is 0 Å². The quantitative estimate of drug-likeness (QED) is 0.877. The van der Waals surface area contributed by atoms with Gasteiger partial charge in [-0.25, -0.2) is 0 Å². The molecule has 2 N–H and O–H groups in total. The molecule has 1 aliphatic carbocycles. The van der Waals surface area contributed by atoms with E-state index in [4.69, 9.17) is 21.4 Å². The second-order valence-corrected chi connectivity index (χ2v) is 4.53. The van der Waals surface area contributed by atoms with Crippen LogP contribution in [0.1, 0.15) is 6.42 Å². The van der Waals surface area contributed by atoms with Crippen molar-refractivity contribution in [2.24, 2.45) is 11.8 Å². The predicted molar refractivity (Wildman–Crippen MR) is 65.9 cm³/mol. The number of hydrogen-bond acceptors (Lipinski definition) is 3. The van der Waals surface area contributed by atoms with Gasteiger partial charge in [-0.15, -0.1) is 0 Å². The highest BCUT2D eigenvalue weighted by Crippen LogP contribution is 2.39. The second kappa shape index (κ2) is 4.86. The number of methoxy groups -OCH3 is 1. The summed E-state index contributed by atoms with van der Waals surface area (Å²) in [5.41, 5.74) is 0.539. The predicted octanol–water partition coefficient (Wildman–Crippen LogP) is 2.01. The zero-order chi connectivity index (χ0) is 13.3. The first kappa shape index (κ1) is 12.7. The van der Waals surface area contributed by atoms with Crippen molar-refractivity contribution in [1.29, 1.82) is 0 Å². The van der Waals surface area contributed by atoms with Gasteiger partial charge in [0.25, 0.3) is 0 Å². The fourth-order valence-corrected chi connectivity index (χ4v) is 1.92. The van der Waals surface area contributed by atoms with Crippen molar-refractivity contribution < 1.29 is 19.4 Å². The lowest BCUT2D eigenvalue weighted by atomic mass is 10.2. The molecule has 1 aromatic rings. The van der Waals surface area contributed by atoms with Gasteiger partial charge in [0.2, 0.25) is 5.91 Å². The lowest BCUT2D eigenvalue weighted by Gasteiger charge is -2.08. The molecule has 0 radical (unpaired) electrons. The third-order valence-electron chi connectivity index (χ3n) is 2.86. The highest BCUT2D eigenvalue weighted by atomic mass is 35.5. The molecule has 0 aromatic heterocycles. The molecule has 1 saturated carbocycles. The minimum atomic E-state index is -0.927. The van der Waals surface area contributed by atoms with E-state index in [0.717, 1.165) is 0 Å². The number of aliphatic carboxylic acids is 1. The van der Waals surface area contributed by atoms with Crippen molar-refractivity contribution >= 4 is 29.2 Å². The molecule has 96 valence electrons. The number of carboxylic acids is 1. The monoisotopic (exact) mass is 269 g/mol. The summed E-state index contributed by atoms with van der Waals surface area (Å²) < 4.78 is 5.03. The summed E-state index contributed by atoms with van der Waals surface area (Å²) in [4.78, 5) is 22.4. The summed E-state index contributed by atoms with van der Waals surface area (Å²) in [6, 6.07) is 4.84. The molecule has 1 aromatic carbocycles.